The van der Waals surface area contributed by atoms with Crippen LogP contribution >= 0.6 is 11.8 Å². The molecule has 100 valence electrons. The first kappa shape index (κ1) is 14.8. The summed E-state index contributed by atoms with van der Waals surface area (Å²) in [5.74, 6) is 0.193. The molecule has 0 bridgehead atoms. The SMILES string of the molecule is CSCC(C)N(C)C(=O)c1cc(N)c(C)c(F)c1. The molecule has 0 aliphatic heterocycles. The van der Waals surface area contributed by atoms with E-state index in [4.69, 9.17) is 5.73 Å². The number of carbonyl (C=O) groups excluding carboxylic acids is 1. The first-order chi connectivity index (χ1) is 8.38. The van der Waals surface area contributed by atoms with Gasteiger partial charge in [0.2, 0.25) is 0 Å². The Kier molecular flexibility index (Phi) is 5.02. The zero-order valence-electron chi connectivity index (χ0n) is 11.2. The van der Waals surface area contributed by atoms with E-state index in [1.807, 2.05) is 13.2 Å². The summed E-state index contributed by atoms with van der Waals surface area (Å²) in [4.78, 5) is 13.8. The Hall–Kier alpha value is -1.23. The van der Waals surface area contributed by atoms with Crippen LogP contribution in [0.4, 0.5) is 10.1 Å². The highest BCUT2D eigenvalue weighted by atomic mass is 32.2. The molecule has 1 atom stereocenters. The predicted molar refractivity (Wildman–Crippen MR) is 75.5 cm³/mol. The maximum atomic E-state index is 13.6. The molecule has 1 unspecified atom stereocenters. The van der Waals surface area contributed by atoms with Gasteiger partial charge in [0.25, 0.3) is 5.91 Å². The number of nitrogens with two attached hydrogens (primary N) is 1. The Morgan fingerprint density at radius 1 is 1.56 bits per heavy atom. The maximum absolute atomic E-state index is 13.6. The van der Waals surface area contributed by atoms with Crippen molar-refractivity contribution in [2.45, 2.75) is 19.9 Å². The van der Waals surface area contributed by atoms with Crippen LogP contribution in [0.1, 0.15) is 22.8 Å². The molecular formula is C13H19FN2OS. The van der Waals surface area contributed by atoms with E-state index >= 15 is 0 Å². The van der Waals surface area contributed by atoms with E-state index in [0.717, 1.165) is 5.75 Å². The molecule has 0 aromatic heterocycles. The smallest absolute Gasteiger partial charge is 0.254 e. The van der Waals surface area contributed by atoms with Gasteiger partial charge in [0.1, 0.15) is 5.82 Å². The lowest BCUT2D eigenvalue weighted by Gasteiger charge is -2.24. The number of halogens is 1. The monoisotopic (exact) mass is 270 g/mol. The number of nitrogen functional groups attached to an aromatic ring is 1. The average Bonchev–Trinajstić information content (AvgIpc) is 2.33. The molecule has 2 N–H and O–H groups in total. The van der Waals surface area contributed by atoms with Crippen LogP contribution in [0.2, 0.25) is 0 Å². The summed E-state index contributed by atoms with van der Waals surface area (Å²) in [7, 11) is 1.72. The molecule has 0 fully saturated rings. The van der Waals surface area contributed by atoms with Crippen LogP contribution < -0.4 is 5.73 Å². The van der Waals surface area contributed by atoms with E-state index in [-0.39, 0.29) is 11.9 Å². The highest BCUT2D eigenvalue weighted by Crippen LogP contribution is 2.19. The van der Waals surface area contributed by atoms with Gasteiger partial charge in [0.15, 0.2) is 0 Å². The molecule has 1 aromatic rings. The average molecular weight is 270 g/mol. The van der Waals surface area contributed by atoms with Crippen LogP contribution in [0.3, 0.4) is 0 Å². The third-order valence-electron chi connectivity index (χ3n) is 3.02. The van der Waals surface area contributed by atoms with Crippen LogP contribution in [0.15, 0.2) is 12.1 Å². The highest BCUT2D eigenvalue weighted by Gasteiger charge is 2.19. The zero-order valence-corrected chi connectivity index (χ0v) is 12.0. The number of rotatable bonds is 4. The number of thioether (sulfide) groups is 1. The van der Waals surface area contributed by atoms with Gasteiger partial charge in [-0.05, 0) is 32.2 Å². The highest BCUT2D eigenvalue weighted by molar-refractivity contribution is 7.98. The summed E-state index contributed by atoms with van der Waals surface area (Å²) < 4.78 is 13.6. The summed E-state index contributed by atoms with van der Waals surface area (Å²) in [5.41, 5.74) is 6.67. The summed E-state index contributed by atoms with van der Waals surface area (Å²) in [5, 5.41) is 0. The minimum Gasteiger partial charge on any atom is -0.398 e. The maximum Gasteiger partial charge on any atom is 0.254 e. The Balaban J connectivity index is 2.97. The second-order valence-corrected chi connectivity index (χ2v) is 5.30. The molecule has 0 saturated carbocycles. The molecule has 1 rings (SSSR count). The van der Waals surface area contributed by atoms with Gasteiger partial charge in [-0.1, -0.05) is 0 Å². The van der Waals surface area contributed by atoms with Crippen molar-refractivity contribution in [2.75, 3.05) is 24.8 Å². The normalized spacial score (nSPS) is 12.3. The lowest BCUT2D eigenvalue weighted by Crippen LogP contribution is -2.36. The first-order valence-electron chi connectivity index (χ1n) is 5.70. The van der Waals surface area contributed by atoms with Crippen molar-refractivity contribution >= 4 is 23.4 Å². The van der Waals surface area contributed by atoms with Crippen molar-refractivity contribution in [3.8, 4) is 0 Å². The quantitative estimate of drug-likeness (QED) is 0.855. The van der Waals surface area contributed by atoms with Gasteiger partial charge in [-0.3, -0.25) is 4.79 Å². The van der Waals surface area contributed by atoms with Gasteiger partial charge >= 0.3 is 0 Å². The van der Waals surface area contributed by atoms with Gasteiger partial charge in [-0.2, -0.15) is 11.8 Å². The van der Waals surface area contributed by atoms with Gasteiger partial charge in [-0.25, -0.2) is 4.39 Å². The lowest BCUT2D eigenvalue weighted by molar-refractivity contribution is 0.0757. The fourth-order valence-electron chi connectivity index (χ4n) is 1.58. The standard InChI is InChI=1S/C13H19FN2OS/c1-8(7-18-4)16(3)13(17)10-5-11(14)9(2)12(15)6-10/h5-6,8H,7,15H2,1-4H3. The molecule has 0 spiro atoms. The Labute approximate surface area is 112 Å². The largest absolute Gasteiger partial charge is 0.398 e. The number of nitrogens with zero attached hydrogens (tertiary/aromatic N) is 1. The zero-order chi connectivity index (χ0) is 13.9. The molecule has 1 aromatic carbocycles. The van der Waals surface area contributed by atoms with E-state index in [0.29, 0.717) is 16.8 Å². The minimum absolute atomic E-state index is 0.0955. The molecular weight excluding hydrogens is 251 g/mol. The van der Waals surface area contributed by atoms with E-state index in [1.165, 1.54) is 12.1 Å². The fourth-order valence-corrected chi connectivity index (χ4v) is 2.29. The molecule has 3 nitrogen and oxygen atoms in total. The third kappa shape index (κ3) is 3.16. The van der Waals surface area contributed by atoms with Crippen molar-refractivity contribution in [3.63, 3.8) is 0 Å². The second kappa shape index (κ2) is 6.09. The van der Waals surface area contributed by atoms with Crippen molar-refractivity contribution in [2.24, 2.45) is 0 Å². The van der Waals surface area contributed by atoms with Crippen LogP contribution in [0, 0.1) is 12.7 Å². The van der Waals surface area contributed by atoms with Crippen molar-refractivity contribution in [1.82, 2.24) is 4.90 Å². The topological polar surface area (TPSA) is 46.3 Å². The number of amides is 1. The molecule has 0 aliphatic carbocycles. The number of hydrogen-bond acceptors (Lipinski definition) is 3. The summed E-state index contributed by atoms with van der Waals surface area (Å²) in [6.45, 7) is 3.56. The van der Waals surface area contributed by atoms with E-state index in [1.54, 1.807) is 30.6 Å². The van der Waals surface area contributed by atoms with Crippen LogP contribution in [0.25, 0.3) is 0 Å². The Morgan fingerprint density at radius 3 is 2.67 bits per heavy atom. The number of carbonyl (C=O) groups is 1. The van der Waals surface area contributed by atoms with E-state index in [2.05, 4.69) is 0 Å². The van der Waals surface area contributed by atoms with Gasteiger partial charge in [0, 0.05) is 35.7 Å². The molecule has 0 aliphatic rings. The van der Waals surface area contributed by atoms with E-state index < -0.39 is 5.82 Å². The number of benzene rings is 1. The van der Waals surface area contributed by atoms with Crippen molar-refractivity contribution in [1.29, 1.82) is 0 Å². The lowest BCUT2D eigenvalue weighted by atomic mass is 10.1. The summed E-state index contributed by atoms with van der Waals surface area (Å²) in [6.07, 6.45) is 1.98. The summed E-state index contributed by atoms with van der Waals surface area (Å²) in [6, 6.07) is 2.87. The van der Waals surface area contributed by atoms with Gasteiger partial charge in [-0.15, -0.1) is 0 Å². The number of anilines is 1. The Bertz CT molecular complexity index is 428. The first-order valence-corrected chi connectivity index (χ1v) is 7.09. The second-order valence-electron chi connectivity index (χ2n) is 4.39. The van der Waals surface area contributed by atoms with E-state index in [9.17, 15) is 9.18 Å². The molecule has 0 saturated heterocycles. The molecule has 18 heavy (non-hydrogen) atoms. The minimum atomic E-state index is -0.440. The fraction of sp³-hybridized carbons (Fsp3) is 0.462. The molecule has 0 radical (unpaired) electrons. The predicted octanol–water partition coefficient (Wildman–Crippen LogP) is 2.54. The summed E-state index contributed by atoms with van der Waals surface area (Å²) >= 11 is 1.67. The van der Waals surface area contributed by atoms with Gasteiger partial charge < -0.3 is 10.6 Å². The van der Waals surface area contributed by atoms with Crippen LogP contribution in [0.5, 0.6) is 0 Å². The van der Waals surface area contributed by atoms with Crippen LogP contribution in [-0.2, 0) is 0 Å². The molecule has 1 amide bonds. The molecule has 5 heteroatoms. The Morgan fingerprint density at radius 2 is 2.17 bits per heavy atom. The molecule has 0 heterocycles. The van der Waals surface area contributed by atoms with Crippen molar-refractivity contribution < 1.29 is 9.18 Å². The van der Waals surface area contributed by atoms with Crippen LogP contribution in [-0.4, -0.2) is 35.9 Å². The third-order valence-corrected chi connectivity index (χ3v) is 3.84. The van der Waals surface area contributed by atoms with Gasteiger partial charge in [0.05, 0.1) is 0 Å². The van der Waals surface area contributed by atoms with Crippen molar-refractivity contribution in [3.05, 3.63) is 29.1 Å². The number of hydrogen-bond donors (Lipinski definition) is 1.